The van der Waals surface area contributed by atoms with Gasteiger partial charge in [-0.3, -0.25) is 34.0 Å². The number of nitrogens with zero attached hydrogens (tertiary/aromatic N) is 2. The normalized spacial score (nSPS) is 15.0. The second-order valence-corrected chi connectivity index (χ2v) is 13.9. The number of carbonyl (C=O) groups is 5. The highest BCUT2D eigenvalue weighted by Gasteiger charge is 2.32. The molecule has 0 saturated heterocycles. The Bertz CT molecular complexity index is 1670. The van der Waals surface area contributed by atoms with Crippen LogP contribution in [0.15, 0.2) is 70.7 Å². The first-order chi connectivity index (χ1) is 26.8. The number of hydrogen-bond donors (Lipinski definition) is 9. The Kier molecular flexibility index (Phi) is 18.8. The number of nitrogens with two attached hydrogens (primary N) is 5. The number of rotatable bonds is 22. The van der Waals surface area contributed by atoms with Gasteiger partial charge in [0.1, 0.15) is 30.0 Å². The molecular weight excluding hydrogens is 721 g/mol. The van der Waals surface area contributed by atoms with Gasteiger partial charge < -0.3 is 49.9 Å². The fourth-order valence-corrected chi connectivity index (χ4v) is 6.39. The molecule has 1 fully saturated rings. The van der Waals surface area contributed by atoms with E-state index in [0.717, 1.165) is 37.7 Å². The van der Waals surface area contributed by atoms with Crippen LogP contribution in [0.25, 0.3) is 6.08 Å². The summed E-state index contributed by atoms with van der Waals surface area (Å²) in [5.74, 6) is -3.90. The molecule has 0 radical (unpaired) electrons. The van der Waals surface area contributed by atoms with E-state index in [1.54, 1.807) is 6.08 Å². The molecule has 4 atom stereocenters. The molecule has 1 aliphatic rings. The lowest BCUT2D eigenvalue weighted by molar-refractivity contribution is -0.134. The molecule has 0 unspecified atom stereocenters. The van der Waals surface area contributed by atoms with E-state index in [9.17, 15) is 28.4 Å². The van der Waals surface area contributed by atoms with Crippen LogP contribution in [0.1, 0.15) is 75.3 Å². The molecule has 1 aliphatic carbocycles. The topological polar surface area (TPSA) is 288 Å². The number of aliphatic imine (C=N–C) groups is 2. The minimum Gasteiger partial charge on any atom is -0.370 e. The largest absolute Gasteiger partial charge is 0.370 e. The first-order valence-electron chi connectivity index (χ1n) is 18.9. The molecule has 0 aromatic heterocycles. The molecule has 14 N–H and O–H groups in total. The Hall–Kier alpha value is -6.00. The monoisotopic (exact) mass is 777 g/mol. The van der Waals surface area contributed by atoms with Crippen LogP contribution in [-0.4, -0.2) is 78.7 Å². The third-order valence-corrected chi connectivity index (χ3v) is 9.32. The lowest BCUT2D eigenvalue weighted by Gasteiger charge is -2.29. The molecule has 16 nitrogen and oxygen atoms in total. The van der Waals surface area contributed by atoms with Crippen LogP contribution in [0.4, 0.5) is 4.39 Å². The first-order valence-corrected chi connectivity index (χ1v) is 18.9. The van der Waals surface area contributed by atoms with E-state index in [1.807, 2.05) is 30.3 Å². The van der Waals surface area contributed by atoms with Gasteiger partial charge >= 0.3 is 0 Å². The molecule has 2 aromatic rings. The lowest BCUT2D eigenvalue weighted by Crippen LogP contribution is -2.58. The van der Waals surface area contributed by atoms with Crippen molar-refractivity contribution in [2.75, 3.05) is 13.1 Å². The summed E-state index contributed by atoms with van der Waals surface area (Å²) in [7, 11) is 0. The van der Waals surface area contributed by atoms with Gasteiger partial charge in [0, 0.05) is 25.6 Å². The number of hydrogen-bond acceptors (Lipinski definition) is 7. The predicted octanol–water partition coefficient (Wildman–Crippen LogP) is 0.584. The van der Waals surface area contributed by atoms with Gasteiger partial charge in [0.2, 0.25) is 29.5 Å². The number of primary amides is 1. The molecule has 1 saturated carbocycles. The van der Waals surface area contributed by atoms with Gasteiger partial charge in [-0.2, -0.15) is 0 Å². The Labute approximate surface area is 326 Å². The summed E-state index contributed by atoms with van der Waals surface area (Å²) < 4.78 is 13.7. The Morgan fingerprint density at radius 3 is 1.80 bits per heavy atom. The highest BCUT2D eigenvalue weighted by Crippen LogP contribution is 2.27. The second-order valence-electron chi connectivity index (χ2n) is 13.9. The van der Waals surface area contributed by atoms with Crippen molar-refractivity contribution in [3.05, 3.63) is 77.6 Å². The van der Waals surface area contributed by atoms with Gasteiger partial charge in [-0.15, -0.1) is 0 Å². The third kappa shape index (κ3) is 17.0. The van der Waals surface area contributed by atoms with E-state index in [4.69, 9.17) is 28.7 Å². The summed E-state index contributed by atoms with van der Waals surface area (Å²) in [4.78, 5) is 75.2. The SMILES string of the molecule is NC(=O)[C@H](CCCN=C(N)N)NC(=O)[C@H](CC1CCCCC1)NC(=O)[C@H](CCCN=C(N)N)NC(=O)[C@H](Cc1ccc(F)cc1)NC(=O)/C=C/c1ccccc1. The average molecular weight is 778 g/mol. The van der Waals surface area contributed by atoms with Crippen LogP contribution < -0.4 is 49.9 Å². The summed E-state index contributed by atoms with van der Waals surface area (Å²) in [5, 5.41) is 11.0. The fraction of sp³-hybridized carbons (Fsp3) is 0.462. The van der Waals surface area contributed by atoms with Crippen molar-refractivity contribution in [1.29, 1.82) is 0 Å². The summed E-state index contributed by atoms with van der Waals surface area (Å²) >= 11 is 0. The van der Waals surface area contributed by atoms with Crippen LogP contribution in [0, 0.1) is 11.7 Å². The Morgan fingerprint density at radius 1 is 0.679 bits per heavy atom. The van der Waals surface area contributed by atoms with Crippen molar-refractivity contribution in [2.24, 2.45) is 44.6 Å². The zero-order valence-electron chi connectivity index (χ0n) is 31.6. The van der Waals surface area contributed by atoms with Crippen molar-refractivity contribution >= 4 is 47.5 Å². The van der Waals surface area contributed by atoms with Gasteiger partial charge in [-0.25, -0.2) is 4.39 Å². The minimum atomic E-state index is -1.20. The number of guanidine groups is 2. The maximum absolute atomic E-state index is 14.1. The molecule has 0 aliphatic heterocycles. The van der Waals surface area contributed by atoms with Crippen molar-refractivity contribution in [3.8, 4) is 0 Å². The molecule has 56 heavy (non-hydrogen) atoms. The smallest absolute Gasteiger partial charge is 0.244 e. The van der Waals surface area contributed by atoms with Crippen LogP contribution in [-0.2, 0) is 30.4 Å². The van der Waals surface area contributed by atoms with Gasteiger partial charge in [0.15, 0.2) is 11.9 Å². The van der Waals surface area contributed by atoms with E-state index < -0.39 is 59.5 Å². The number of benzene rings is 2. The van der Waals surface area contributed by atoms with Gasteiger partial charge in [-0.1, -0.05) is 74.6 Å². The lowest BCUT2D eigenvalue weighted by atomic mass is 9.84. The number of halogens is 1. The van der Waals surface area contributed by atoms with Crippen LogP contribution in [0.2, 0.25) is 0 Å². The van der Waals surface area contributed by atoms with E-state index in [2.05, 4.69) is 31.3 Å². The molecule has 3 rings (SSSR count). The van der Waals surface area contributed by atoms with E-state index in [0.29, 0.717) is 18.4 Å². The molecule has 5 amide bonds. The number of nitrogens with one attached hydrogen (secondary N) is 4. The van der Waals surface area contributed by atoms with Crippen molar-refractivity contribution in [3.63, 3.8) is 0 Å². The molecule has 0 heterocycles. The van der Waals surface area contributed by atoms with Crippen molar-refractivity contribution < 1.29 is 28.4 Å². The average Bonchev–Trinajstić information content (AvgIpc) is 3.17. The van der Waals surface area contributed by atoms with E-state index in [1.165, 1.54) is 30.3 Å². The van der Waals surface area contributed by atoms with Crippen molar-refractivity contribution in [1.82, 2.24) is 21.3 Å². The van der Waals surface area contributed by atoms with Crippen LogP contribution in [0.5, 0.6) is 0 Å². The van der Waals surface area contributed by atoms with E-state index >= 15 is 0 Å². The zero-order chi connectivity index (χ0) is 40.9. The van der Waals surface area contributed by atoms with Gasteiger partial charge in [-0.05, 0) is 67.4 Å². The molecular formula is C39H56FN11O5. The summed E-state index contributed by atoms with van der Waals surface area (Å²) in [6.45, 7) is 0.367. The summed E-state index contributed by atoms with van der Waals surface area (Å²) in [6, 6.07) is 10.1. The highest BCUT2D eigenvalue weighted by atomic mass is 19.1. The summed E-state index contributed by atoms with van der Waals surface area (Å²) in [6.07, 6.45) is 8.74. The quantitative estimate of drug-likeness (QED) is 0.0349. The molecule has 0 spiro atoms. The van der Waals surface area contributed by atoms with Crippen LogP contribution >= 0.6 is 0 Å². The number of carbonyl (C=O) groups excluding carboxylic acids is 5. The molecule has 304 valence electrons. The summed E-state index contributed by atoms with van der Waals surface area (Å²) in [5.41, 5.74) is 28.7. The molecule has 2 aromatic carbocycles. The number of amides is 5. The highest BCUT2D eigenvalue weighted by molar-refractivity contribution is 5.98. The third-order valence-electron chi connectivity index (χ3n) is 9.32. The Morgan fingerprint density at radius 2 is 1.21 bits per heavy atom. The van der Waals surface area contributed by atoms with Gasteiger partial charge in [0.05, 0.1) is 0 Å². The van der Waals surface area contributed by atoms with E-state index in [-0.39, 0.29) is 56.6 Å². The molecule has 17 heteroatoms. The first kappa shape index (κ1) is 44.4. The van der Waals surface area contributed by atoms with Crippen molar-refractivity contribution in [2.45, 2.75) is 94.8 Å². The zero-order valence-corrected chi connectivity index (χ0v) is 31.6. The maximum Gasteiger partial charge on any atom is 0.244 e. The predicted molar refractivity (Wildman–Crippen MR) is 214 cm³/mol. The Balaban J connectivity index is 1.85. The van der Waals surface area contributed by atoms with Crippen LogP contribution in [0.3, 0.4) is 0 Å². The molecule has 0 bridgehead atoms. The van der Waals surface area contributed by atoms with Gasteiger partial charge in [0.25, 0.3) is 0 Å². The minimum absolute atomic E-state index is 0.0240. The standard InChI is InChI=1S/C39H56FN11O5/c40-28-18-15-27(16-19-28)24-31(48-33(52)20-17-25-9-3-1-4-10-25)36(55)50-30(14-8-22-47-39(44)45)35(54)51-32(23-26-11-5-2-6-12-26)37(56)49-29(34(41)53)13-7-21-46-38(42)43/h1,3-4,9-10,15-20,26,29-32H,2,5-8,11-14,21-24H2,(H2,41,53)(H,48,52)(H,49,56)(H,50,55)(H,51,54)(H4,42,43,46)(H4,44,45,47)/b20-17+/t29-,30-,31-,32-/m0/s1. The second kappa shape index (κ2) is 23.7. The maximum atomic E-state index is 14.1. The fourth-order valence-electron chi connectivity index (χ4n) is 6.39.